The first kappa shape index (κ1) is 11.3. The van der Waals surface area contributed by atoms with Crippen LogP contribution in [0, 0.1) is 0 Å². The molecule has 0 heterocycles. The van der Waals surface area contributed by atoms with Gasteiger partial charge in [-0.2, -0.15) is 0 Å². The Hall–Kier alpha value is -1.85. The van der Waals surface area contributed by atoms with E-state index in [9.17, 15) is 0 Å². The maximum Gasteiger partial charge on any atom is 0.123 e. The van der Waals surface area contributed by atoms with E-state index in [0.29, 0.717) is 8.81 Å². The fourth-order valence-corrected chi connectivity index (χ4v) is 2.78. The maximum atomic E-state index is 5.83. The molecule has 3 aromatic carbocycles. The summed E-state index contributed by atoms with van der Waals surface area (Å²) in [5, 5.41) is 3.78. The zero-order valence-corrected chi connectivity index (χ0v) is 10.8. The summed E-state index contributed by atoms with van der Waals surface area (Å²) in [5.74, 6) is 0.920. The van der Waals surface area contributed by atoms with Gasteiger partial charge in [0.25, 0.3) is 0 Å². The summed E-state index contributed by atoms with van der Waals surface area (Å²) in [4.78, 5) is 0. The minimum atomic E-state index is 0.336. The van der Waals surface area contributed by atoms with Gasteiger partial charge in [0.15, 0.2) is 0 Å². The molecule has 2 heteroatoms. The molecule has 0 aliphatic rings. The second-order valence-corrected chi connectivity index (χ2v) is 4.99. The molecule has 3 aromatic rings. The first-order chi connectivity index (χ1) is 8.93. The highest BCUT2D eigenvalue weighted by atomic mass is 31.1. The van der Waals surface area contributed by atoms with Gasteiger partial charge in [0.1, 0.15) is 14.6 Å². The van der Waals surface area contributed by atoms with Crippen LogP contribution in [-0.4, -0.2) is 0 Å². The first-order valence-corrected chi connectivity index (χ1v) is 6.80. The summed E-state index contributed by atoms with van der Waals surface area (Å²) in [6.45, 7) is 0. The van der Waals surface area contributed by atoms with Crippen molar-refractivity contribution < 1.29 is 4.52 Å². The van der Waals surface area contributed by atoms with Crippen molar-refractivity contribution in [3.63, 3.8) is 0 Å². The van der Waals surface area contributed by atoms with Crippen LogP contribution in [-0.2, 0) is 0 Å². The zero-order valence-electron chi connectivity index (χ0n) is 9.84. The summed E-state index contributed by atoms with van der Waals surface area (Å²) in [5.41, 5.74) is 0. The number of para-hydroxylation sites is 1. The summed E-state index contributed by atoms with van der Waals surface area (Å²) in [6.07, 6.45) is 0. The second-order valence-electron chi connectivity index (χ2n) is 4.04. The Labute approximate surface area is 108 Å². The third kappa shape index (κ3) is 2.37. The van der Waals surface area contributed by atoms with Crippen molar-refractivity contribution in [2.45, 2.75) is 0 Å². The Bertz CT molecular complexity index is 644. The van der Waals surface area contributed by atoms with E-state index in [1.807, 2.05) is 30.3 Å². The third-order valence-corrected chi connectivity index (χ3v) is 3.81. The van der Waals surface area contributed by atoms with Crippen LogP contribution in [0.1, 0.15) is 0 Å². The van der Waals surface area contributed by atoms with Crippen molar-refractivity contribution in [3.05, 3.63) is 72.8 Å². The highest BCUT2D eigenvalue weighted by Crippen LogP contribution is 2.23. The number of hydrogen-bond donors (Lipinski definition) is 0. The van der Waals surface area contributed by atoms with Crippen LogP contribution in [0.4, 0.5) is 0 Å². The molecule has 0 bridgehead atoms. The van der Waals surface area contributed by atoms with Crippen molar-refractivity contribution in [2.75, 3.05) is 0 Å². The number of rotatable bonds is 3. The van der Waals surface area contributed by atoms with E-state index >= 15 is 0 Å². The molecule has 0 fully saturated rings. The maximum absolute atomic E-state index is 5.83. The van der Waals surface area contributed by atoms with Gasteiger partial charge in [0.05, 0.1) is 0 Å². The molecule has 0 saturated carbocycles. The zero-order chi connectivity index (χ0) is 12.2. The minimum Gasteiger partial charge on any atom is -0.472 e. The third-order valence-electron chi connectivity index (χ3n) is 2.81. The Balaban J connectivity index is 1.87. The minimum absolute atomic E-state index is 0.336. The van der Waals surface area contributed by atoms with E-state index in [4.69, 9.17) is 4.52 Å². The van der Waals surface area contributed by atoms with Gasteiger partial charge in [0, 0.05) is 5.30 Å². The molecule has 1 unspecified atom stereocenters. The monoisotopic (exact) mass is 252 g/mol. The van der Waals surface area contributed by atoms with Crippen LogP contribution in [0.15, 0.2) is 72.8 Å². The molecule has 0 spiro atoms. The topological polar surface area (TPSA) is 9.23 Å². The Morgan fingerprint density at radius 2 is 1.39 bits per heavy atom. The van der Waals surface area contributed by atoms with Crippen LogP contribution in [0.5, 0.6) is 5.75 Å². The molecule has 3 rings (SSSR count). The molecule has 0 aliphatic carbocycles. The molecule has 0 aromatic heterocycles. The standard InChI is InChI=1S/C16H13OP/c1-2-9-14(10-3-1)17-18-16-12-6-8-13-7-4-5-11-15(13)16/h1-12,18H. The molecule has 0 radical (unpaired) electrons. The van der Waals surface area contributed by atoms with Crippen LogP contribution >= 0.6 is 8.81 Å². The van der Waals surface area contributed by atoms with Crippen molar-refractivity contribution in [1.82, 2.24) is 0 Å². The summed E-state index contributed by atoms with van der Waals surface area (Å²) in [7, 11) is 0.336. The predicted octanol–water partition coefficient (Wildman–Crippen LogP) is 4.14. The van der Waals surface area contributed by atoms with Gasteiger partial charge in [-0.1, -0.05) is 60.7 Å². The lowest BCUT2D eigenvalue weighted by Crippen LogP contribution is -1.98. The van der Waals surface area contributed by atoms with Crippen molar-refractivity contribution in [1.29, 1.82) is 0 Å². The number of fused-ring (bicyclic) bond motifs is 1. The lowest BCUT2D eigenvalue weighted by atomic mass is 10.1. The predicted molar refractivity (Wildman–Crippen MR) is 79.0 cm³/mol. The molecule has 1 nitrogen and oxygen atoms in total. The quantitative estimate of drug-likeness (QED) is 0.637. The Kier molecular flexibility index (Phi) is 3.25. The van der Waals surface area contributed by atoms with Crippen LogP contribution in [0.2, 0.25) is 0 Å². The van der Waals surface area contributed by atoms with Gasteiger partial charge in [0.2, 0.25) is 0 Å². The van der Waals surface area contributed by atoms with E-state index in [1.54, 1.807) is 0 Å². The van der Waals surface area contributed by atoms with Crippen LogP contribution < -0.4 is 9.83 Å². The molecular weight excluding hydrogens is 239 g/mol. The summed E-state index contributed by atoms with van der Waals surface area (Å²) in [6, 6.07) is 24.7. The van der Waals surface area contributed by atoms with Crippen LogP contribution in [0.3, 0.4) is 0 Å². The fourth-order valence-electron chi connectivity index (χ4n) is 1.92. The highest BCUT2D eigenvalue weighted by molar-refractivity contribution is 7.43. The molecule has 88 valence electrons. The average Bonchev–Trinajstić information content (AvgIpc) is 2.46. The first-order valence-electron chi connectivity index (χ1n) is 5.89. The van der Waals surface area contributed by atoms with Crippen molar-refractivity contribution in [3.8, 4) is 5.75 Å². The molecule has 0 aliphatic heterocycles. The molecular formula is C16H13OP. The lowest BCUT2D eigenvalue weighted by Gasteiger charge is -2.08. The Morgan fingerprint density at radius 1 is 0.667 bits per heavy atom. The highest BCUT2D eigenvalue weighted by Gasteiger charge is 2.01. The van der Waals surface area contributed by atoms with E-state index in [2.05, 4.69) is 42.5 Å². The van der Waals surface area contributed by atoms with E-state index in [1.165, 1.54) is 16.1 Å². The van der Waals surface area contributed by atoms with E-state index < -0.39 is 0 Å². The fraction of sp³-hybridized carbons (Fsp3) is 0. The second kappa shape index (κ2) is 5.20. The number of hydrogen-bond acceptors (Lipinski definition) is 1. The smallest absolute Gasteiger partial charge is 0.123 e. The molecule has 0 N–H and O–H groups in total. The van der Waals surface area contributed by atoms with Gasteiger partial charge in [-0.05, 0) is 22.9 Å². The lowest BCUT2D eigenvalue weighted by molar-refractivity contribution is 0.638. The normalized spacial score (nSPS) is 11.1. The van der Waals surface area contributed by atoms with Gasteiger partial charge in [-0.15, -0.1) is 0 Å². The van der Waals surface area contributed by atoms with Crippen molar-refractivity contribution in [2.24, 2.45) is 0 Å². The summed E-state index contributed by atoms with van der Waals surface area (Å²) >= 11 is 0. The van der Waals surface area contributed by atoms with Gasteiger partial charge < -0.3 is 4.52 Å². The molecule has 0 amide bonds. The molecule has 1 atom stereocenters. The number of benzene rings is 3. The average molecular weight is 252 g/mol. The van der Waals surface area contributed by atoms with Gasteiger partial charge >= 0.3 is 0 Å². The van der Waals surface area contributed by atoms with Crippen LogP contribution in [0.25, 0.3) is 10.8 Å². The molecule has 0 saturated heterocycles. The van der Waals surface area contributed by atoms with E-state index in [0.717, 1.165) is 5.75 Å². The Morgan fingerprint density at radius 3 is 2.28 bits per heavy atom. The van der Waals surface area contributed by atoms with Gasteiger partial charge in [-0.3, -0.25) is 0 Å². The van der Waals surface area contributed by atoms with Gasteiger partial charge in [-0.25, -0.2) is 0 Å². The van der Waals surface area contributed by atoms with E-state index in [-0.39, 0.29) is 0 Å². The van der Waals surface area contributed by atoms with Crippen molar-refractivity contribution >= 4 is 24.9 Å². The molecule has 18 heavy (non-hydrogen) atoms. The SMILES string of the molecule is c1ccc(OPc2cccc3ccccc23)cc1. The largest absolute Gasteiger partial charge is 0.472 e. The summed E-state index contributed by atoms with van der Waals surface area (Å²) < 4.78 is 5.83.